The van der Waals surface area contributed by atoms with E-state index in [4.69, 9.17) is 4.98 Å². The van der Waals surface area contributed by atoms with Crippen molar-refractivity contribution < 1.29 is 0 Å². The number of pyridine rings is 1. The van der Waals surface area contributed by atoms with E-state index in [1.54, 1.807) is 0 Å². The number of hydrogen-bond donors (Lipinski definition) is 0. The molecule has 0 fully saturated rings. The highest BCUT2D eigenvalue weighted by atomic mass is 15.0. The first-order chi connectivity index (χ1) is 24.8. The van der Waals surface area contributed by atoms with Crippen molar-refractivity contribution in [2.75, 3.05) is 0 Å². The summed E-state index contributed by atoms with van der Waals surface area (Å²) >= 11 is 0. The summed E-state index contributed by atoms with van der Waals surface area (Å²) in [6.45, 7) is 0. The molecule has 0 atom stereocenters. The van der Waals surface area contributed by atoms with E-state index in [1.807, 2.05) is 0 Å². The van der Waals surface area contributed by atoms with E-state index in [9.17, 15) is 0 Å². The second-order valence-corrected chi connectivity index (χ2v) is 13.1. The number of para-hydroxylation sites is 5. The van der Waals surface area contributed by atoms with Crippen LogP contribution in [0.2, 0.25) is 0 Å². The molecule has 0 aliphatic heterocycles. The van der Waals surface area contributed by atoms with Gasteiger partial charge in [-0.3, -0.25) is 0 Å². The SMILES string of the molecule is C1=Cc2c(c3cccc(-c4cccc(-c5cccc(-c6cccc7c8ccccc8n(-c8ccccc8)c67)n5)c4)c3n2-c2ccccc2)CC1. The van der Waals surface area contributed by atoms with Gasteiger partial charge in [0.1, 0.15) is 0 Å². The van der Waals surface area contributed by atoms with Crippen LogP contribution >= 0.6 is 0 Å². The molecule has 9 aromatic rings. The molecule has 236 valence electrons. The van der Waals surface area contributed by atoms with Crippen LogP contribution in [0.15, 0.2) is 170 Å². The Bertz CT molecular complexity index is 2750. The Kier molecular flexibility index (Phi) is 6.63. The van der Waals surface area contributed by atoms with Gasteiger partial charge in [-0.15, -0.1) is 0 Å². The summed E-state index contributed by atoms with van der Waals surface area (Å²) in [5.41, 5.74) is 15.2. The Hall–Kier alpha value is -6.45. The number of allylic oxidation sites excluding steroid dienone is 1. The summed E-state index contributed by atoms with van der Waals surface area (Å²) in [6, 6.07) is 58.7. The molecule has 1 aliphatic carbocycles. The molecular weight excluding hydrogens is 607 g/mol. The highest BCUT2D eigenvalue weighted by Gasteiger charge is 2.22. The van der Waals surface area contributed by atoms with Crippen molar-refractivity contribution in [1.29, 1.82) is 0 Å². The van der Waals surface area contributed by atoms with Crippen LogP contribution < -0.4 is 0 Å². The fourth-order valence-electron chi connectivity index (χ4n) is 8.02. The summed E-state index contributed by atoms with van der Waals surface area (Å²) in [5, 5.41) is 3.80. The van der Waals surface area contributed by atoms with Gasteiger partial charge in [-0.2, -0.15) is 0 Å². The minimum Gasteiger partial charge on any atom is -0.309 e. The molecule has 0 bridgehead atoms. The normalized spacial score (nSPS) is 12.6. The third kappa shape index (κ3) is 4.48. The van der Waals surface area contributed by atoms with Gasteiger partial charge in [0.25, 0.3) is 0 Å². The molecule has 3 heteroatoms. The van der Waals surface area contributed by atoms with Gasteiger partial charge in [0.15, 0.2) is 0 Å². The van der Waals surface area contributed by atoms with Crippen molar-refractivity contribution in [2.24, 2.45) is 0 Å². The molecule has 0 saturated heterocycles. The van der Waals surface area contributed by atoms with Crippen molar-refractivity contribution in [1.82, 2.24) is 14.1 Å². The maximum Gasteiger partial charge on any atom is 0.0730 e. The Labute approximate surface area is 291 Å². The smallest absolute Gasteiger partial charge is 0.0730 e. The summed E-state index contributed by atoms with van der Waals surface area (Å²) in [6.07, 6.45) is 6.74. The van der Waals surface area contributed by atoms with E-state index >= 15 is 0 Å². The number of fused-ring (bicyclic) bond motifs is 6. The predicted molar refractivity (Wildman–Crippen MR) is 209 cm³/mol. The largest absolute Gasteiger partial charge is 0.309 e. The topological polar surface area (TPSA) is 22.8 Å². The van der Waals surface area contributed by atoms with Gasteiger partial charge in [0.05, 0.1) is 27.9 Å². The number of nitrogens with zero attached hydrogens (tertiary/aromatic N) is 3. The number of hydrogen-bond acceptors (Lipinski definition) is 1. The summed E-state index contributed by atoms with van der Waals surface area (Å²) in [7, 11) is 0. The van der Waals surface area contributed by atoms with Crippen LogP contribution in [0.3, 0.4) is 0 Å². The minimum absolute atomic E-state index is 0.955. The zero-order valence-electron chi connectivity index (χ0n) is 27.5. The van der Waals surface area contributed by atoms with Crippen molar-refractivity contribution in [3.63, 3.8) is 0 Å². The zero-order chi connectivity index (χ0) is 33.0. The second kappa shape index (κ2) is 11.6. The summed E-state index contributed by atoms with van der Waals surface area (Å²) in [5.74, 6) is 0. The molecule has 3 nitrogen and oxygen atoms in total. The van der Waals surface area contributed by atoms with Crippen LogP contribution in [0.4, 0.5) is 0 Å². The van der Waals surface area contributed by atoms with Crippen LogP contribution in [0, 0.1) is 0 Å². The Morgan fingerprint density at radius 1 is 0.460 bits per heavy atom. The minimum atomic E-state index is 0.955. The molecule has 0 radical (unpaired) electrons. The maximum absolute atomic E-state index is 5.36. The van der Waals surface area contributed by atoms with Gasteiger partial charge in [0.2, 0.25) is 0 Å². The van der Waals surface area contributed by atoms with E-state index in [0.29, 0.717) is 0 Å². The number of aryl methyl sites for hydroxylation is 1. The van der Waals surface area contributed by atoms with E-state index in [2.05, 4.69) is 185 Å². The first-order valence-corrected chi connectivity index (χ1v) is 17.4. The molecule has 0 unspecified atom stereocenters. The van der Waals surface area contributed by atoms with Crippen LogP contribution in [-0.2, 0) is 6.42 Å². The third-order valence-corrected chi connectivity index (χ3v) is 10.2. The van der Waals surface area contributed by atoms with Gasteiger partial charge in [-0.25, -0.2) is 4.98 Å². The number of aromatic nitrogens is 3. The lowest BCUT2D eigenvalue weighted by atomic mass is 9.96. The molecule has 0 saturated carbocycles. The van der Waals surface area contributed by atoms with Crippen molar-refractivity contribution in [3.8, 4) is 45.0 Å². The van der Waals surface area contributed by atoms with Crippen LogP contribution in [-0.4, -0.2) is 14.1 Å². The molecule has 3 heterocycles. The van der Waals surface area contributed by atoms with E-state index in [-0.39, 0.29) is 0 Å². The fraction of sp³-hybridized carbons (Fsp3) is 0.0426. The highest BCUT2D eigenvalue weighted by molar-refractivity contribution is 6.13. The van der Waals surface area contributed by atoms with E-state index in [1.165, 1.54) is 60.8 Å². The molecule has 1 aliphatic rings. The fourth-order valence-corrected chi connectivity index (χ4v) is 8.02. The average Bonchev–Trinajstić information content (AvgIpc) is 3.72. The standard InChI is InChI=1S/C47H33N3/c1-3-17-34(18-4-1)49-44-29-9-7-21-37(44)39-24-12-23-36(46(39)49)32-15-11-16-33(31-32)42-27-14-28-43(48-42)41-26-13-25-40-38-22-8-10-30-45(38)50(47(40)41)35-19-5-2-6-20-35/h1-6,8-20,22-31H,7,21H2. The van der Waals surface area contributed by atoms with Gasteiger partial charge < -0.3 is 9.13 Å². The van der Waals surface area contributed by atoms with Crippen LogP contribution in [0.5, 0.6) is 0 Å². The second-order valence-electron chi connectivity index (χ2n) is 13.1. The maximum atomic E-state index is 5.36. The lowest BCUT2D eigenvalue weighted by Gasteiger charge is -2.14. The van der Waals surface area contributed by atoms with Crippen molar-refractivity contribution >= 4 is 38.8 Å². The van der Waals surface area contributed by atoms with Gasteiger partial charge in [-0.1, -0.05) is 121 Å². The highest BCUT2D eigenvalue weighted by Crippen LogP contribution is 2.41. The van der Waals surface area contributed by atoms with Crippen molar-refractivity contribution in [2.45, 2.75) is 12.8 Å². The molecule has 0 spiro atoms. The molecule has 50 heavy (non-hydrogen) atoms. The quantitative estimate of drug-likeness (QED) is 0.184. The summed E-state index contributed by atoms with van der Waals surface area (Å²) < 4.78 is 4.83. The Morgan fingerprint density at radius 2 is 1.08 bits per heavy atom. The average molecular weight is 640 g/mol. The molecule has 0 N–H and O–H groups in total. The Balaban J connectivity index is 1.14. The first kappa shape index (κ1) is 28.6. The third-order valence-electron chi connectivity index (χ3n) is 10.2. The monoisotopic (exact) mass is 639 g/mol. The lowest BCUT2D eigenvalue weighted by Crippen LogP contribution is -2.00. The van der Waals surface area contributed by atoms with E-state index in [0.717, 1.165) is 41.0 Å². The van der Waals surface area contributed by atoms with Gasteiger partial charge in [-0.05, 0) is 78.6 Å². The number of rotatable bonds is 5. The lowest BCUT2D eigenvalue weighted by molar-refractivity contribution is 0.968. The Morgan fingerprint density at radius 3 is 1.92 bits per heavy atom. The van der Waals surface area contributed by atoms with Gasteiger partial charge >= 0.3 is 0 Å². The first-order valence-electron chi connectivity index (χ1n) is 17.4. The van der Waals surface area contributed by atoms with E-state index < -0.39 is 0 Å². The van der Waals surface area contributed by atoms with Crippen LogP contribution in [0.25, 0.3) is 83.8 Å². The molecule has 3 aromatic heterocycles. The molecule has 10 rings (SSSR count). The molecule has 0 amide bonds. The number of benzene rings is 6. The molecular formula is C47H33N3. The zero-order valence-corrected chi connectivity index (χ0v) is 27.5. The summed E-state index contributed by atoms with van der Waals surface area (Å²) in [4.78, 5) is 5.36. The van der Waals surface area contributed by atoms with Crippen molar-refractivity contribution in [3.05, 3.63) is 181 Å². The predicted octanol–water partition coefficient (Wildman–Crippen LogP) is 12.1. The van der Waals surface area contributed by atoms with Gasteiger partial charge in [0, 0.05) is 49.9 Å². The van der Waals surface area contributed by atoms with Crippen LogP contribution in [0.1, 0.15) is 17.7 Å². The molecule has 6 aromatic carbocycles.